The van der Waals surface area contributed by atoms with Gasteiger partial charge in [-0.05, 0) is 50.6 Å². The number of benzene rings is 2. The van der Waals surface area contributed by atoms with Crippen molar-refractivity contribution in [1.82, 2.24) is 15.4 Å². The van der Waals surface area contributed by atoms with E-state index in [2.05, 4.69) is 15.5 Å². The smallest absolute Gasteiger partial charge is 0.422 e. The Morgan fingerprint density at radius 1 is 1.00 bits per heavy atom. The standard InChI is InChI=1S/C30H28F10N4O3S/c1-2-22(47-24-12-23(45-14-28(32,33)34)19(11-20(24)31)26-41-15-46-43-26)25-21(13-44-9-7-18(8-10-44)30(38,39)40)42-27(48-25)16-3-5-17(6-4-16)29(35,36)37/h3-6,11-12,18,22H,2,7-10,13-15H2,1H3,(H,41,43). The summed E-state index contributed by atoms with van der Waals surface area (Å²) >= 11 is 1.05. The summed E-state index contributed by atoms with van der Waals surface area (Å²) in [6.07, 6.45) is -14.7. The third-order valence-electron chi connectivity index (χ3n) is 7.68. The van der Waals surface area contributed by atoms with Crippen LogP contribution in [0.3, 0.4) is 0 Å². The van der Waals surface area contributed by atoms with Crippen molar-refractivity contribution in [3.63, 3.8) is 0 Å². The second-order valence-corrected chi connectivity index (χ2v) is 12.1. The van der Waals surface area contributed by atoms with Crippen LogP contribution >= 0.6 is 11.3 Å². The maximum Gasteiger partial charge on any atom is 0.422 e. The number of likely N-dealkylation sites (tertiary alicyclic amines) is 1. The number of nitrogens with one attached hydrogen (secondary N) is 1. The minimum Gasteiger partial charge on any atom is -0.483 e. The lowest BCUT2D eigenvalue weighted by Gasteiger charge is -2.32. The van der Waals surface area contributed by atoms with Crippen LogP contribution in [0.5, 0.6) is 11.5 Å². The third kappa shape index (κ3) is 8.68. The van der Waals surface area contributed by atoms with E-state index < -0.39 is 60.0 Å². The van der Waals surface area contributed by atoms with Crippen molar-refractivity contribution in [3.8, 4) is 22.1 Å². The molecule has 0 aliphatic carbocycles. The van der Waals surface area contributed by atoms with Crippen molar-refractivity contribution >= 4 is 17.2 Å². The molecule has 2 aliphatic rings. The maximum absolute atomic E-state index is 15.5. The summed E-state index contributed by atoms with van der Waals surface area (Å²) in [7, 11) is 0. The molecule has 262 valence electrons. The summed E-state index contributed by atoms with van der Waals surface area (Å²) in [6.45, 7) is 0.0938. The van der Waals surface area contributed by atoms with Gasteiger partial charge in [-0.2, -0.15) is 39.5 Å². The van der Waals surface area contributed by atoms with Crippen LogP contribution in [0, 0.1) is 11.7 Å². The fraction of sp³-hybridized carbons (Fsp3) is 0.467. The third-order valence-corrected chi connectivity index (χ3v) is 8.92. The van der Waals surface area contributed by atoms with Gasteiger partial charge in [0.25, 0.3) is 0 Å². The Bertz CT molecular complexity index is 1600. The Hall–Kier alpha value is -3.64. The van der Waals surface area contributed by atoms with Gasteiger partial charge < -0.3 is 9.47 Å². The molecule has 0 saturated carbocycles. The van der Waals surface area contributed by atoms with Crippen molar-refractivity contribution in [3.05, 3.63) is 63.9 Å². The SMILES string of the molecule is CCC(Oc1cc(OCC(F)(F)F)c(C2=NCON2)cc1F)c1sc(-c2ccc(C(F)(F)F)cc2)nc1CN1CCC(C(F)(F)F)CC1. The fourth-order valence-corrected chi connectivity index (χ4v) is 6.41. The van der Waals surface area contributed by atoms with E-state index in [-0.39, 0.29) is 62.0 Å². The van der Waals surface area contributed by atoms with Gasteiger partial charge in [-0.3, -0.25) is 9.74 Å². The van der Waals surface area contributed by atoms with Gasteiger partial charge >= 0.3 is 18.5 Å². The first-order valence-corrected chi connectivity index (χ1v) is 15.4. The molecular formula is C30H28F10N4O3S. The number of rotatable bonds is 10. The second-order valence-electron chi connectivity index (χ2n) is 11.1. The molecular weight excluding hydrogens is 686 g/mol. The zero-order chi connectivity index (χ0) is 34.9. The van der Waals surface area contributed by atoms with Crippen LogP contribution in [-0.4, -0.2) is 54.5 Å². The number of hydrogen-bond donors (Lipinski definition) is 1. The molecule has 3 aromatic rings. The van der Waals surface area contributed by atoms with E-state index in [0.717, 1.165) is 35.6 Å². The summed E-state index contributed by atoms with van der Waals surface area (Å²) in [5.74, 6) is -3.36. The quantitative estimate of drug-likeness (QED) is 0.213. The lowest BCUT2D eigenvalue weighted by molar-refractivity contribution is -0.185. The van der Waals surface area contributed by atoms with Crippen LogP contribution in [0.1, 0.15) is 54.0 Å². The molecule has 1 unspecified atom stereocenters. The van der Waals surface area contributed by atoms with Crippen molar-refractivity contribution in [2.24, 2.45) is 10.9 Å². The topological polar surface area (TPSA) is 68.2 Å². The van der Waals surface area contributed by atoms with Crippen LogP contribution in [0.15, 0.2) is 41.4 Å². The molecule has 1 N–H and O–H groups in total. The second kappa shape index (κ2) is 14.1. The van der Waals surface area contributed by atoms with Gasteiger partial charge in [0.15, 0.2) is 30.7 Å². The Morgan fingerprint density at radius 3 is 2.25 bits per heavy atom. The van der Waals surface area contributed by atoms with Gasteiger partial charge in [0.1, 0.15) is 16.9 Å². The van der Waals surface area contributed by atoms with E-state index in [4.69, 9.17) is 14.3 Å². The summed E-state index contributed by atoms with van der Waals surface area (Å²) in [4.78, 5) is 15.6. The van der Waals surface area contributed by atoms with Gasteiger partial charge in [-0.15, -0.1) is 11.3 Å². The number of nitrogens with zero attached hydrogens (tertiary/aromatic N) is 3. The molecule has 1 saturated heterocycles. The van der Waals surface area contributed by atoms with Gasteiger partial charge in [-0.1, -0.05) is 19.1 Å². The van der Waals surface area contributed by atoms with E-state index >= 15 is 4.39 Å². The molecule has 7 nitrogen and oxygen atoms in total. The van der Waals surface area contributed by atoms with Crippen molar-refractivity contribution in [2.45, 2.75) is 57.4 Å². The minimum absolute atomic E-state index is 0.0649. The number of ether oxygens (including phenoxy) is 2. The first-order chi connectivity index (χ1) is 22.5. The van der Waals surface area contributed by atoms with E-state index in [9.17, 15) is 39.5 Å². The molecule has 1 aromatic heterocycles. The van der Waals surface area contributed by atoms with Crippen molar-refractivity contribution in [2.75, 3.05) is 26.4 Å². The van der Waals surface area contributed by atoms with Crippen LogP contribution in [0.4, 0.5) is 43.9 Å². The molecule has 3 heterocycles. The number of alkyl halides is 9. The number of hydrogen-bond acceptors (Lipinski definition) is 8. The van der Waals surface area contributed by atoms with E-state index in [1.165, 1.54) is 12.1 Å². The predicted molar refractivity (Wildman–Crippen MR) is 154 cm³/mol. The number of aliphatic imine (C=N–C) groups is 1. The Kier molecular flexibility index (Phi) is 10.5. The van der Waals surface area contributed by atoms with E-state index in [0.29, 0.717) is 16.1 Å². The highest BCUT2D eigenvalue weighted by Gasteiger charge is 2.41. The summed E-state index contributed by atoms with van der Waals surface area (Å²) in [6, 6.07) is 6.07. The number of halogens is 10. The minimum atomic E-state index is -4.72. The Balaban J connectivity index is 1.47. The van der Waals surface area contributed by atoms with Crippen molar-refractivity contribution in [1.29, 1.82) is 0 Å². The largest absolute Gasteiger partial charge is 0.483 e. The molecule has 2 aliphatic heterocycles. The lowest BCUT2D eigenvalue weighted by Crippen LogP contribution is -2.38. The average Bonchev–Trinajstić information content (AvgIpc) is 3.70. The van der Waals surface area contributed by atoms with E-state index in [1.807, 2.05) is 0 Å². The Labute approximate surface area is 271 Å². The van der Waals surface area contributed by atoms with Gasteiger partial charge in [0.2, 0.25) is 0 Å². The highest BCUT2D eigenvalue weighted by Crippen LogP contribution is 2.41. The van der Waals surface area contributed by atoms with E-state index in [1.54, 1.807) is 11.8 Å². The Morgan fingerprint density at radius 2 is 1.69 bits per heavy atom. The number of piperidine rings is 1. The monoisotopic (exact) mass is 714 g/mol. The maximum atomic E-state index is 15.5. The van der Waals surface area contributed by atoms with Gasteiger partial charge in [0, 0.05) is 18.2 Å². The lowest BCUT2D eigenvalue weighted by atomic mass is 9.96. The molecule has 0 radical (unpaired) electrons. The number of amidine groups is 1. The summed E-state index contributed by atoms with van der Waals surface area (Å²) in [5.41, 5.74) is 2.03. The first kappa shape index (κ1) is 35.7. The van der Waals surface area contributed by atoms with Gasteiger partial charge in [0.05, 0.1) is 27.6 Å². The molecule has 48 heavy (non-hydrogen) atoms. The van der Waals surface area contributed by atoms with Crippen LogP contribution in [0.25, 0.3) is 10.6 Å². The number of thiazole rings is 1. The fourth-order valence-electron chi connectivity index (χ4n) is 5.22. The molecule has 18 heteroatoms. The number of aromatic nitrogens is 1. The zero-order valence-corrected chi connectivity index (χ0v) is 25.8. The molecule has 2 aromatic carbocycles. The van der Waals surface area contributed by atoms with Crippen LogP contribution < -0.4 is 15.0 Å². The zero-order valence-electron chi connectivity index (χ0n) is 25.0. The summed E-state index contributed by atoms with van der Waals surface area (Å²) in [5, 5.41) is 0.288. The first-order valence-electron chi connectivity index (χ1n) is 14.6. The molecule has 0 bridgehead atoms. The van der Waals surface area contributed by atoms with Crippen LogP contribution in [-0.2, 0) is 17.6 Å². The molecule has 1 atom stereocenters. The predicted octanol–water partition coefficient (Wildman–Crippen LogP) is 8.45. The van der Waals surface area contributed by atoms with Crippen LogP contribution in [0.2, 0.25) is 0 Å². The normalized spacial score (nSPS) is 17.3. The summed E-state index contributed by atoms with van der Waals surface area (Å²) < 4.78 is 145. The molecule has 0 amide bonds. The van der Waals surface area contributed by atoms with Gasteiger partial charge in [-0.25, -0.2) is 19.8 Å². The molecule has 1 fully saturated rings. The highest BCUT2D eigenvalue weighted by molar-refractivity contribution is 7.15. The van der Waals surface area contributed by atoms with Crippen molar-refractivity contribution < 1.29 is 58.2 Å². The molecule has 5 rings (SSSR count). The average molecular weight is 715 g/mol. The molecule has 0 spiro atoms. The highest BCUT2D eigenvalue weighted by atomic mass is 32.1. The number of hydroxylamine groups is 1.